The minimum absolute atomic E-state index is 0.172. The Kier molecular flexibility index (Phi) is 3.44. The van der Waals surface area contributed by atoms with E-state index in [2.05, 4.69) is 9.97 Å². The molecule has 0 spiro atoms. The third kappa shape index (κ3) is 2.78. The highest BCUT2D eigenvalue weighted by Gasteiger charge is 2.33. The standard InChI is InChI=1S/C14H14F3N3O/c15-14(16,17)11-7-8(5-6-19-11)13-20-12-9(18)3-1-2-4-10(12)21-13/h5-7,9H,1-4,18H2. The third-order valence-electron chi connectivity index (χ3n) is 3.55. The zero-order valence-electron chi connectivity index (χ0n) is 11.2. The fourth-order valence-electron chi connectivity index (χ4n) is 2.46. The van der Waals surface area contributed by atoms with Gasteiger partial charge in [0.2, 0.25) is 5.89 Å². The van der Waals surface area contributed by atoms with Crippen molar-refractivity contribution < 1.29 is 17.6 Å². The Balaban J connectivity index is 2.00. The average molecular weight is 297 g/mol. The van der Waals surface area contributed by atoms with Crippen LogP contribution in [0.2, 0.25) is 0 Å². The summed E-state index contributed by atoms with van der Waals surface area (Å²) < 4.78 is 43.7. The molecule has 1 atom stereocenters. The number of oxazole rings is 1. The van der Waals surface area contributed by atoms with Gasteiger partial charge in [0.15, 0.2) is 0 Å². The quantitative estimate of drug-likeness (QED) is 0.818. The van der Waals surface area contributed by atoms with Crippen molar-refractivity contribution in [1.29, 1.82) is 0 Å². The summed E-state index contributed by atoms with van der Waals surface area (Å²) in [6.45, 7) is 0. The number of rotatable bonds is 1. The van der Waals surface area contributed by atoms with Crippen molar-refractivity contribution in [3.63, 3.8) is 0 Å². The van der Waals surface area contributed by atoms with E-state index in [4.69, 9.17) is 10.2 Å². The van der Waals surface area contributed by atoms with Crippen molar-refractivity contribution in [3.8, 4) is 11.5 Å². The smallest absolute Gasteiger partial charge is 0.433 e. The van der Waals surface area contributed by atoms with Gasteiger partial charge in [0.05, 0.1) is 11.7 Å². The molecule has 1 aliphatic carbocycles. The molecule has 112 valence electrons. The SMILES string of the molecule is NC1CCCCc2oc(-c3ccnc(C(F)(F)F)c3)nc21. The van der Waals surface area contributed by atoms with Gasteiger partial charge in [-0.25, -0.2) is 4.98 Å². The Hall–Kier alpha value is -1.89. The molecule has 0 fully saturated rings. The third-order valence-corrected chi connectivity index (χ3v) is 3.55. The van der Waals surface area contributed by atoms with Gasteiger partial charge in [-0.1, -0.05) is 6.42 Å². The summed E-state index contributed by atoms with van der Waals surface area (Å²) >= 11 is 0. The van der Waals surface area contributed by atoms with Crippen LogP contribution in [-0.2, 0) is 12.6 Å². The first-order valence-corrected chi connectivity index (χ1v) is 6.74. The van der Waals surface area contributed by atoms with E-state index in [0.717, 1.165) is 31.5 Å². The van der Waals surface area contributed by atoms with Crippen molar-refractivity contribution in [2.24, 2.45) is 5.73 Å². The molecule has 2 heterocycles. The highest BCUT2D eigenvalue weighted by atomic mass is 19.4. The zero-order chi connectivity index (χ0) is 15.0. The van der Waals surface area contributed by atoms with Crippen LogP contribution in [0, 0.1) is 0 Å². The second kappa shape index (κ2) is 5.14. The van der Waals surface area contributed by atoms with Gasteiger partial charge in [-0.3, -0.25) is 4.98 Å². The average Bonchev–Trinajstić information content (AvgIpc) is 2.80. The maximum atomic E-state index is 12.7. The molecule has 4 nitrogen and oxygen atoms in total. The molecule has 3 rings (SSSR count). The lowest BCUT2D eigenvalue weighted by Crippen LogP contribution is -2.10. The van der Waals surface area contributed by atoms with E-state index in [1.807, 2.05) is 0 Å². The lowest BCUT2D eigenvalue weighted by Gasteiger charge is -2.06. The summed E-state index contributed by atoms with van der Waals surface area (Å²) in [6.07, 6.45) is 0.0787. The van der Waals surface area contributed by atoms with Crippen LogP contribution < -0.4 is 5.73 Å². The number of aromatic nitrogens is 2. The van der Waals surface area contributed by atoms with Gasteiger partial charge in [-0.15, -0.1) is 0 Å². The molecule has 0 aromatic carbocycles. The molecule has 21 heavy (non-hydrogen) atoms. The van der Waals surface area contributed by atoms with Crippen LogP contribution in [-0.4, -0.2) is 9.97 Å². The molecule has 0 radical (unpaired) electrons. The number of aryl methyl sites for hydroxylation is 1. The van der Waals surface area contributed by atoms with Gasteiger partial charge in [0, 0.05) is 18.2 Å². The van der Waals surface area contributed by atoms with Crippen LogP contribution in [0.1, 0.15) is 42.5 Å². The summed E-state index contributed by atoms with van der Waals surface area (Å²) in [7, 11) is 0. The molecule has 0 bridgehead atoms. The lowest BCUT2D eigenvalue weighted by atomic mass is 10.1. The van der Waals surface area contributed by atoms with Gasteiger partial charge >= 0.3 is 6.18 Å². The number of alkyl halides is 3. The number of hydrogen-bond donors (Lipinski definition) is 1. The zero-order valence-corrected chi connectivity index (χ0v) is 11.2. The van der Waals surface area contributed by atoms with Crippen LogP contribution in [0.3, 0.4) is 0 Å². The topological polar surface area (TPSA) is 64.9 Å². The first-order chi connectivity index (χ1) is 9.95. The maximum Gasteiger partial charge on any atom is 0.433 e. The molecule has 0 saturated carbocycles. The highest BCUT2D eigenvalue weighted by Crippen LogP contribution is 2.33. The van der Waals surface area contributed by atoms with Gasteiger partial charge in [-0.2, -0.15) is 13.2 Å². The number of fused-ring (bicyclic) bond motifs is 1. The van der Waals surface area contributed by atoms with Crippen LogP contribution in [0.15, 0.2) is 22.7 Å². The molecule has 0 aliphatic heterocycles. The molecule has 2 aromatic heterocycles. The summed E-state index contributed by atoms with van der Waals surface area (Å²) in [6, 6.07) is 2.17. The summed E-state index contributed by atoms with van der Waals surface area (Å²) in [5.74, 6) is 0.852. The number of nitrogens with two attached hydrogens (primary N) is 1. The number of halogens is 3. The van der Waals surface area contributed by atoms with Gasteiger partial charge in [0.1, 0.15) is 11.5 Å². The normalized spacial score (nSPS) is 19.1. The summed E-state index contributed by atoms with van der Waals surface area (Å²) in [5.41, 5.74) is 5.98. The number of pyridine rings is 1. The first-order valence-electron chi connectivity index (χ1n) is 6.74. The second-order valence-corrected chi connectivity index (χ2v) is 5.11. The Morgan fingerprint density at radius 1 is 1.29 bits per heavy atom. The van der Waals surface area contributed by atoms with E-state index in [9.17, 15) is 13.2 Å². The van der Waals surface area contributed by atoms with Crippen molar-refractivity contribution >= 4 is 0 Å². The largest absolute Gasteiger partial charge is 0.441 e. The highest BCUT2D eigenvalue weighted by molar-refractivity contribution is 5.54. The van der Waals surface area contributed by atoms with Crippen LogP contribution >= 0.6 is 0 Å². The van der Waals surface area contributed by atoms with E-state index < -0.39 is 11.9 Å². The fraction of sp³-hybridized carbons (Fsp3) is 0.429. The fourth-order valence-corrected chi connectivity index (χ4v) is 2.46. The first kappa shape index (κ1) is 14.1. The van der Waals surface area contributed by atoms with Crippen molar-refractivity contribution in [3.05, 3.63) is 35.5 Å². The summed E-state index contributed by atoms with van der Waals surface area (Å²) in [4.78, 5) is 7.63. The molecule has 0 saturated heterocycles. The van der Waals surface area contributed by atoms with Crippen molar-refractivity contribution in [1.82, 2.24) is 9.97 Å². The van der Waals surface area contributed by atoms with E-state index in [0.29, 0.717) is 17.9 Å². The number of hydrogen-bond acceptors (Lipinski definition) is 4. The summed E-state index contributed by atoms with van der Waals surface area (Å²) in [5, 5.41) is 0. The van der Waals surface area contributed by atoms with Crippen molar-refractivity contribution in [2.45, 2.75) is 37.9 Å². The maximum absolute atomic E-state index is 12.7. The van der Waals surface area contributed by atoms with E-state index in [1.54, 1.807) is 0 Å². The second-order valence-electron chi connectivity index (χ2n) is 5.11. The van der Waals surface area contributed by atoms with Crippen LogP contribution in [0.4, 0.5) is 13.2 Å². The Morgan fingerprint density at radius 3 is 2.86 bits per heavy atom. The minimum Gasteiger partial charge on any atom is -0.441 e. The van der Waals surface area contributed by atoms with Crippen LogP contribution in [0.5, 0.6) is 0 Å². The molecular formula is C14H14F3N3O. The van der Waals surface area contributed by atoms with E-state index in [1.165, 1.54) is 6.07 Å². The Bertz CT molecular complexity index is 651. The predicted octanol–water partition coefficient (Wildman–Crippen LogP) is 3.48. The van der Waals surface area contributed by atoms with E-state index in [-0.39, 0.29) is 17.5 Å². The molecule has 7 heteroatoms. The molecule has 1 aliphatic rings. The van der Waals surface area contributed by atoms with Gasteiger partial charge < -0.3 is 10.2 Å². The monoisotopic (exact) mass is 297 g/mol. The Morgan fingerprint density at radius 2 is 2.10 bits per heavy atom. The molecule has 2 aromatic rings. The molecule has 1 unspecified atom stereocenters. The number of nitrogens with zero attached hydrogens (tertiary/aromatic N) is 2. The lowest BCUT2D eigenvalue weighted by molar-refractivity contribution is -0.141. The molecular weight excluding hydrogens is 283 g/mol. The van der Waals surface area contributed by atoms with Crippen molar-refractivity contribution in [2.75, 3.05) is 0 Å². The minimum atomic E-state index is -4.49. The van der Waals surface area contributed by atoms with Gasteiger partial charge in [0.25, 0.3) is 0 Å². The van der Waals surface area contributed by atoms with Crippen LogP contribution in [0.25, 0.3) is 11.5 Å². The Labute approximate surface area is 119 Å². The van der Waals surface area contributed by atoms with E-state index >= 15 is 0 Å². The molecule has 0 amide bonds. The van der Waals surface area contributed by atoms with Gasteiger partial charge in [-0.05, 0) is 25.0 Å². The molecule has 2 N–H and O–H groups in total. The predicted molar refractivity (Wildman–Crippen MR) is 69.2 cm³/mol.